The Hall–Kier alpha value is -2.81. The molecular weight excluding hydrogens is 459 g/mol. The van der Waals surface area contributed by atoms with E-state index in [1.54, 1.807) is 18.2 Å². The SMILES string of the molecule is N#Cc1cc(-c2nnc(-c3cc(F)c(OCC(N)CO)cc3Cl)s2)ccc1OC1COC1. The molecule has 2 heterocycles. The van der Waals surface area contributed by atoms with Crippen molar-refractivity contribution in [3.63, 3.8) is 0 Å². The minimum absolute atomic E-state index is 0.0514. The summed E-state index contributed by atoms with van der Waals surface area (Å²) in [7, 11) is 0. The molecule has 1 aromatic heterocycles. The van der Waals surface area contributed by atoms with Crippen LogP contribution >= 0.6 is 22.9 Å². The molecule has 166 valence electrons. The Morgan fingerprint density at radius 3 is 2.75 bits per heavy atom. The van der Waals surface area contributed by atoms with Crippen molar-refractivity contribution in [2.75, 3.05) is 26.4 Å². The van der Waals surface area contributed by atoms with Gasteiger partial charge in [-0.05, 0) is 24.3 Å². The van der Waals surface area contributed by atoms with Crippen molar-refractivity contribution < 1.29 is 23.7 Å². The van der Waals surface area contributed by atoms with Gasteiger partial charge in [0.05, 0.1) is 36.4 Å². The zero-order valence-corrected chi connectivity index (χ0v) is 18.2. The van der Waals surface area contributed by atoms with Gasteiger partial charge in [-0.15, -0.1) is 10.2 Å². The Morgan fingerprint density at radius 2 is 2.06 bits per heavy atom. The standard InChI is InChI=1S/C21H18ClFN4O4S/c22-16-5-19(30-8-13(25)7-28)17(23)4-15(16)21-27-26-20(32-21)11-1-2-18(12(3-11)6-24)31-14-9-29-10-14/h1-5,13-14,28H,7-10,25H2. The van der Waals surface area contributed by atoms with Gasteiger partial charge in [-0.25, -0.2) is 4.39 Å². The van der Waals surface area contributed by atoms with Crippen molar-refractivity contribution in [1.29, 1.82) is 5.26 Å². The molecule has 0 aliphatic carbocycles. The molecule has 2 aromatic carbocycles. The summed E-state index contributed by atoms with van der Waals surface area (Å²) in [6.07, 6.45) is -0.0514. The maximum Gasteiger partial charge on any atom is 0.165 e. The first-order chi connectivity index (χ1) is 15.5. The van der Waals surface area contributed by atoms with E-state index in [1.807, 2.05) is 0 Å². The maximum atomic E-state index is 14.5. The lowest BCUT2D eigenvalue weighted by Crippen LogP contribution is -2.38. The molecule has 1 fully saturated rings. The van der Waals surface area contributed by atoms with E-state index in [1.165, 1.54) is 23.5 Å². The Balaban J connectivity index is 1.56. The van der Waals surface area contributed by atoms with Crippen LogP contribution in [0, 0.1) is 17.1 Å². The van der Waals surface area contributed by atoms with E-state index in [0.29, 0.717) is 45.7 Å². The summed E-state index contributed by atoms with van der Waals surface area (Å²) in [4.78, 5) is 0. The van der Waals surface area contributed by atoms with Crippen LogP contribution in [0.3, 0.4) is 0 Å². The molecule has 0 spiro atoms. The highest BCUT2D eigenvalue weighted by Crippen LogP contribution is 2.38. The van der Waals surface area contributed by atoms with Gasteiger partial charge in [-0.2, -0.15) is 5.26 Å². The molecule has 8 nitrogen and oxygen atoms in total. The van der Waals surface area contributed by atoms with Gasteiger partial charge >= 0.3 is 0 Å². The highest BCUT2D eigenvalue weighted by atomic mass is 35.5. The predicted molar refractivity (Wildman–Crippen MR) is 116 cm³/mol. The van der Waals surface area contributed by atoms with Gasteiger partial charge in [0.15, 0.2) is 11.6 Å². The number of benzene rings is 2. The zero-order valence-electron chi connectivity index (χ0n) is 16.6. The van der Waals surface area contributed by atoms with Crippen molar-refractivity contribution in [2.24, 2.45) is 5.73 Å². The number of rotatable bonds is 8. The van der Waals surface area contributed by atoms with Crippen molar-refractivity contribution in [3.05, 3.63) is 46.7 Å². The lowest BCUT2D eigenvalue weighted by atomic mass is 10.1. The Morgan fingerprint density at radius 1 is 1.28 bits per heavy atom. The summed E-state index contributed by atoms with van der Waals surface area (Å²) < 4.78 is 30.6. The predicted octanol–water partition coefficient (Wildman–Crippen LogP) is 3.01. The molecule has 1 saturated heterocycles. The van der Waals surface area contributed by atoms with E-state index in [-0.39, 0.29) is 30.1 Å². The lowest BCUT2D eigenvalue weighted by Gasteiger charge is -2.27. The number of aliphatic hydroxyl groups excluding tert-OH is 1. The summed E-state index contributed by atoms with van der Waals surface area (Å²) >= 11 is 7.53. The highest BCUT2D eigenvalue weighted by Gasteiger charge is 2.22. The molecule has 32 heavy (non-hydrogen) atoms. The molecule has 1 aliphatic rings. The van der Waals surface area contributed by atoms with Crippen molar-refractivity contribution in [2.45, 2.75) is 12.1 Å². The van der Waals surface area contributed by atoms with E-state index in [4.69, 9.17) is 36.7 Å². The summed E-state index contributed by atoms with van der Waals surface area (Å²) in [6, 6.07) is 9.21. The number of nitrogens with two attached hydrogens (primary N) is 1. The fourth-order valence-electron chi connectivity index (χ4n) is 2.82. The second-order valence-electron chi connectivity index (χ2n) is 7.03. The number of halogens is 2. The third kappa shape index (κ3) is 4.82. The van der Waals surface area contributed by atoms with Gasteiger partial charge in [0.25, 0.3) is 0 Å². The van der Waals surface area contributed by atoms with Gasteiger partial charge in [-0.3, -0.25) is 0 Å². The fraction of sp³-hybridized carbons (Fsp3) is 0.286. The molecule has 1 aliphatic heterocycles. The number of nitriles is 1. The van der Waals surface area contributed by atoms with Gasteiger partial charge in [0, 0.05) is 17.2 Å². The topological polar surface area (TPSA) is 124 Å². The number of hydrogen-bond acceptors (Lipinski definition) is 9. The molecule has 0 saturated carbocycles. The summed E-state index contributed by atoms with van der Waals surface area (Å²) in [5.41, 5.74) is 6.98. The molecule has 11 heteroatoms. The van der Waals surface area contributed by atoms with Crippen molar-refractivity contribution in [3.8, 4) is 38.7 Å². The Labute approximate surface area is 191 Å². The fourth-order valence-corrected chi connectivity index (χ4v) is 3.99. The number of ether oxygens (including phenoxy) is 3. The van der Waals surface area contributed by atoms with Crippen LogP contribution in [0.1, 0.15) is 5.56 Å². The monoisotopic (exact) mass is 476 g/mol. The van der Waals surface area contributed by atoms with Gasteiger partial charge in [-0.1, -0.05) is 22.9 Å². The summed E-state index contributed by atoms with van der Waals surface area (Å²) in [5, 5.41) is 27.9. The quantitative estimate of drug-likeness (QED) is 0.508. The largest absolute Gasteiger partial charge is 0.489 e. The number of aromatic nitrogens is 2. The highest BCUT2D eigenvalue weighted by molar-refractivity contribution is 7.18. The normalized spacial score (nSPS) is 14.5. The van der Waals surface area contributed by atoms with Gasteiger partial charge < -0.3 is 25.1 Å². The first-order valence-corrected chi connectivity index (χ1v) is 10.8. The first-order valence-electron chi connectivity index (χ1n) is 9.59. The summed E-state index contributed by atoms with van der Waals surface area (Å²) in [5.74, 6) is -0.228. The van der Waals surface area contributed by atoms with Crippen LogP contribution in [0.15, 0.2) is 30.3 Å². The Bertz CT molecular complexity index is 1170. The zero-order chi connectivity index (χ0) is 22.7. The summed E-state index contributed by atoms with van der Waals surface area (Å²) in [6.45, 7) is 0.668. The number of nitrogens with zero attached hydrogens (tertiary/aromatic N) is 3. The molecule has 3 aromatic rings. The van der Waals surface area contributed by atoms with Crippen LogP contribution < -0.4 is 15.2 Å². The number of aliphatic hydroxyl groups is 1. The van der Waals surface area contributed by atoms with E-state index in [2.05, 4.69) is 16.3 Å². The van der Waals surface area contributed by atoms with Crippen LogP contribution in [-0.2, 0) is 4.74 Å². The third-order valence-corrected chi connectivity index (χ3v) is 5.93. The van der Waals surface area contributed by atoms with E-state index in [0.717, 1.165) is 0 Å². The van der Waals surface area contributed by atoms with E-state index >= 15 is 0 Å². The second-order valence-corrected chi connectivity index (χ2v) is 8.41. The first kappa shape index (κ1) is 22.4. The van der Waals surface area contributed by atoms with Crippen LogP contribution in [0.4, 0.5) is 4.39 Å². The van der Waals surface area contributed by atoms with Crippen LogP contribution in [-0.4, -0.2) is 53.9 Å². The molecule has 4 rings (SSSR count). The average molecular weight is 477 g/mol. The van der Waals surface area contributed by atoms with Crippen LogP contribution in [0.5, 0.6) is 11.5 Å². The number of hydrogen-bond donors (Lipinski definition) is 2. The van der Waals surface area contributed by atoms with Crippen LogP contribution in [0.2, 0.25) is 5.02 Å². The van der Waals surface area contributed by atoms with E-state index < -0.39 is 11.9 Å². The van der Waals surface area contributed by atoms with Crippen LogP contribution in [0.25, 0.3) is 21.1 Å². The lowest BCUT2D eigenvalue weighted by molar-refractivity contribution is -0.0797. The average Bonchev–Trinajstić information content (AvgIpc) is 3.26. The van der Waals surface area contributed by atoms with Gasteiger partial charge in [0.2, 0.25) is 0 Å². The minimum atomic E-state index is -0.639. The molecule has 3 N–H and O–H groups in total. The molecular formula is C21H18ClFN4O4S. The Kier molecular flexibility index (Phi) is 6.83. The smallest absolute Gasteiger partial charge is 0.165 e. The van der Waals surface area contributed by atoms with Crippen molar-refractivity contribution in [1.82, 2.24) is 10.2 Å². The molecule has 0 radical (unpaired) electrons. The molecule has 0 bridgehead atoms. The molecule has 1 atom stereocenters. The second kappa shape index (κ2) is 9.77. The third-order valence-electron chi connectivity index (χ3n) is 4.61. The van der Waals surface area contributed by atoms with E-state index in [9.17, 15) is 9.65 Å². The van der Waals surface area contributed by atoms with Crippen molar-refractivity contribution >= 4 is 22.9 Å². The van der Waals surface area contributed by atoms with Gasteiger partial charge in [0.1, 0.15) is 34.5 Å². The molecule has 1 unspecified atom stereocenters. The minimum Gasteiger partial charge on any atom is -0.489 e. The molecule has 0 amide bonds. The maximum absolute atomic E-state index is 14.5.